The van der Waals surface area contributed by atoms with Gasteiger partial charge in [0.15, 0.2) is 6.29 Å². The molecule has 1 unspecified atom stereocenters. The molecule has 128 valence electrons. The first-order valence-corrected chi connectivity index (χ1v) is 8.81. The van der Waals surface area contributed by atoms with Crippen LogP contribution >= 0.6 is 0 Å². The number of hydrogen-bond donors (Lipinski definition) is 0. The van der Waals surface area contributed by atoms with E-state index in [-0.39, 0.29) is 18.2 Å². The zero-order chi connectivity index (χ0) is 16.0. The van der Waals surface area contributed by atoms with Gasteiger partial charge in [0.05, 0.1) is 19.6 Å². The number of ether oxygens (including phenoxy) is 3. The molecule has 4 heteroatoms. The Kier molecular flexibility index (Phi) is 11.0. The predicted octanol–water partition coefficient (Wildman–Crippen LogP) is 4.24. The summed E-state index contributed by atoms with van der Waals surface area (Å²) in [5.41, 5.74) is 0. The minimum Gasteiger partial charge on any atom is -0.466 e. The molecule has 0 spiro atoms. The average Bonchev–Trinajstić information content (AvgIpc) is 2.53. The quantitative estimate of drug-likeness (QED) is 0.325. The van der Waals surface area contributed by atoms with Crippen LogP contribution in [0.4, 0.5) is 0 Å². The summed E-state index contributed by atoms with van der Waals surface area (Å²) in [7, 11) is 0. The number of carbonyl (C=O) groups excluding carboxylic acids is 1. The van der Waals surface area contributed by atoms with E-state index in [0.29, 0.717) is 19.6 Å². The molecule has 1 heterocycles. The van der Waals surface area contributed by atoms with Gasteiger partial charge in [-0.15, -0.1) is 0 Å². The Balaban J connectivity index is 2.36. The van der Waals surface area contributed by atoms with E-state index in [2.05, 4.69) is 19.1 Å². The van der Waals surface area contributed by atoms with Crippen molar-refractivity contribution in [1.82, 2.24) is 0 Å². The summed E-state index contributed by atoms with van der Waals surface area (Å²) in [6.07, 6.45) is 12.5. The molecule has 0 aromatic carbocycles. The Morgan fingerprint density at radius 2 is 2.18 bits per heavy atom. The lowest BCUT2D eigenvalue weighted by atomic mass is 10.0. The van der Waals surface area contributed by atoms with E-state index in [4.69, 9.17) is 14.2 Å². The van der Waals surface area contributed by atoms with Crippen molar-refractivity contribution >= 4 is 5.97 Å². The smallest absolute Gasteiger partial charge is 0.306 e. The lowest BCUT2D eigenvalue weighted by Crippen LogP contribution is -2.25. The van der Waals surface area contributed by atoms with Gasteiger partial charge in [-0.25, -0.2) is 0 Å². The minimum absolute atomic E-state index is 0.0752. The fourth-order valence-corrected chi connectivity index (χ4v) is 2.49. The molecule has 0 saturated carbocycles. The SMILES string of the molecule is CCCCC/C=C/[C@@H](COC1CCCCO1)CC(=O)OCC. The summed E-state index contributed by atoms with van der Waals surface area (Å²) in [6, 6.07) is 0. The maximum absolute atomic E-state index is 11.7. The van der Waals surface area contributed by atoms with Gasteiger partial charge in [0.2, 0.25) is 0 Å². The van der Waals surface area contributed by atoms with Crippen molar-refractivity contribution < 1.29 is 19.0 Å². The first-order valence-electron chi connectivity index (χ1n) is 8.81. The summed E-state index contributed by atoms with van der Waals surface area (Å²) < 4.78 is 16.4. The third-order valence-electron chi connectivity index (χ3n) is 3.75. The van der Waals surface area contributed by atoms with Crippen molar-refractivity contribution in [3.63, 3.8) is 0 Å². The number of hydrogen-bond acceptors (Lipinski definition) is 4. The highest BCUT2D eigenvalue weighted by Crippen LogP contribution is 2.17. The first kappa shape index (κ1) is 19.2. The monoisotopic (exact) mass is 312 g/mol. The molecule has 22 heavy (non-hydrogen) atoms. The Bertz CT molecular complexity index is 308. The third-order valence-corrected chi connectivity index (χ3v) is 3.75. The van der Waals surface area contributed by atoms with Gasteiger partial charge in [-0.2, -0.15) is 0 Å². The van der Waals surface area contributed by atoms with Gasteiger partial charge in [0, 0.05) is 12.5 Å². The van der Waals surface area contributed by atoms with Crippen LogP contribution in [0.2, 0.25) is 0 Å². The van der Waals surface area contributed by atoms with Gasteiger partial charge in [0.25, 0.3) is 0 Å². The van der Waals surface area contributed by atoms with Crippen LogP contribution in [0.1, 0.15) is 65.2 Å². The van der Waals surface area contributed by atoms with Crippen LogP contribution in [-0.2, 0) is 19.0 Å². The van der Waals surface area contributed by atoms with Crippen LogP contribution in [0.15, 0.2) is 12.2 Å². The Morgan fingerprint density at radius 1 is 1.32 bits per heavy atom. The van der Waals surface area contributed by atoms with Gasteiger partial charge in [0.1, 0.15) is 0 Å². The van der Waals surface area contributed by atoms with Crippen molar-refractivity contribution in [3.05, 3.63) is 12.2 Å². The number of esters is 1. The van der Waals surface area contributed by atoms with Crippen LogP contribution in [0.3, 0.4) is 0 Å². The molecule has 0 amide bonds. The maximum Gasteiger partial charge on any atom is 0.306 e. The zero-order valence-corrected chi connectivity index (χ0v) is 14.2. The third kappa shape index (κ3) is 9.21. The Morgan fingerprint density at radius 3 is 2.86 bits per heavy atom. The van der Waals surface area contributed by atoms with Gasteiger partial charge in [-0.3, -0.25) is 4.79 Å². The second-order valence-corrected chi connectivity index (χ2v) is 5.82. The number of carbonyl (C=O) groups is 1. The summed E-state index contributed by atoms with van der Waals surface area (Å²) in [5, 5.41) is 0. The molecule has 4 nitrogen and oxygen atoms in total. The molecule has 1 rings (SSSR count). The van der Waals surface area contributed by atoms with E-state index in [1.807, 2.05) is 6.92 Å². The van der Waals surface area contributed by atoms with Gasteiger partial charge >= 0.3 is 5.97 Å². The number of allylic oxidation sites excluding steroid dienone is 1. The molecule has 0 aromatic heterocycles. The first-order chi connectivity index (χ1) is 10.8. The highest BCUT2D eigenvalue weighted by molar-refractivity contribution is 5.69. The standard InChI is InChI=1S/C18H32O4/c1-3-5-6-7-8-11-16(14-17(19)20-4-2)15-22-18-12-9-10-13-21-18/h8,11,16,18H,3-7,9-10,12-15H2,1-2H3/b11-8+/t16-,18?/m1/s1. The van der Waals surface area contributed by atoms with E-state index >= 15 is 0 Å². The van der Waals surface area contributed by atoms with Crippen LogP contribution in [0, 0.1) is 5.92 Å². The molecule has 0 aromatic rings. The van der Waals surface area contributed by atoms with Crippen LogP contribution in [0.25, 0.3) is 0 Å². The van der Waals surface area contributed by atoms with E-state index in [1.165, 1.54) is 19.3 Å². The molecule has 1 aliphatic rings. The predicted molar refractivity (Wildman–Crippen MR) is 87.6 cm³/mol. The minimum atomic E-state index is -0.154. The second kappa shape index (κ2) is 12.7. The molecule has 0 radical (unpaired) electrons. The van der Waals surface area contributed by atoms with Crippen LogP contribution in [-0.4, -0.2) is 32.1 Å². The highest BCUT2D eigenvalue weighted by Gasteiger charge is 2.18. The lowest BCUT2D eigenvalue weighted by molar-refractivity contribution is -0.169. The maximum atomic E-state index is 11.7. The lowest BCUT2D eigenvalue weighted by Gasteiger charge is -2.24. The van der Waals surface area contributed by atoms with Crippen molar-refractivity contribution in [2.24, 2.45) is 5.92 Å². The fraction of sp³-hybridized carbons (Fsp3) is 0.833. The Hall–Kier alpha value is -0.870. The molecule has 1 aliphatic heterocycles. The highest BCUT2D eigenvalue weighted by atomic mass is 16.7. The number of rotatable bonds is 11. The Labute approximate surface area is 135 Å². The van der Waals surface area contributed by atoms with Crippen LogP contribution in [0.5, 0.6) is 0 Å². The van der Waals surface area contributed by atoms with Gasteiger partial charge in [-0.1, -0.05) is 31.9 Å². The molecule has 1 saturated heterocycles. The molecular weight excluding hydrogens is 280 g/mol. The van der Waals surface area contributed by atoms with E-state index < -0.39 is 0 Å². The molecule has 1 fully saturated rings. The zero-order valence-electron chi connectivity index (χ0n) is 14.2. The van der Waals surface area contributed by atoms with Gasteiger partial charge in [-0.05, 0) is 39.0 Å². The molecule has 0 N–H and O–H groups in total. The molecule has 0 bridgehead atoms. The molecular formula is C18H32O4. The largest absolute Gasteiger partial charge is 0.466 e. The topological polar surface area (TPSA) is 44.8 Å². The summed E-state index contributed by atoms with van der Waals surface area (Å²) in [6.45, 7) is 5.76. The second-order valence-electron chi connectivity index (χ2n) is 5.82. The summed E-state index contributed by atoms with van der Waals surface area (Å²) in [4.78, 5) is 11.7. The van der Waals surface area contributed by atoms with E-state index in [0.717, 1.165) is 32.3 Å². The molecule has 2 atom stereocenters. The summed E-state index contributed by atoms with van der Waals surface area (Å²) >= 11 is 0. The van der Waals surface area contributed by atoms with Crippen LogP contribution < -0.4 is 0 Å². The number of unbranched alkanes of at least 4 members (excludes halogenated alkanes) is 3. The van der Waals surface area contributed by atoms with E-state index in [1.54, 1.807) is 0 Å². The van der Waals surface area contributed by atoms with Crippen molar-refractivity contribution in [3.8, 4) is 0 Å². The normalized spacial score (nSPS) is 20.2. The molecule has 0 aliphatic carbocycles. The van der Waals surface area contributed by atoms with Crippen molar-refractivity contribution in [1.29, 1.82) is 0 Å². The van der Waals surface area contributed by atoms with E-state index in [9.17, 15) is 4.79 Å². The fourth-order valence-electron chi connectivity index (χ4n) is 2.49. The van der Waals surface area contributed by atoms with Gasteiger partial charge < -0.3 is 14.2 Å². The average molecular weight is 312 g/mol. The van der Waals surface area contributed by atoms with Crippen molar-refractivity contribution in [2.45, 2.75) is 71.5 Å². The summed E-state index contributed by atoms with van der Waals surface area (Å²) in [5.74, 6) is -0.0786. The van der Waals surface area contributed by atoms with Crippen molar-refractivity contribution in [2.75, 3.05) is 19.8 Å².